The van der Waals surface area contributed by atoms with Gasteiger partial charge in [0, 0.05) is 13.0 Å². The molecule has 1 amide bonds. The predicted octanol–water partition coefficient (Wildman–Crippen LogP) is 2.71. The third kappa shape index (κ3) is 6.61. The number of aryl methyl sites for hydroxylation is 3. The van der Waals surface area contributed by atoms with Crippen molar-refractivity contribution in [3.63, 3.8) is 0 Å². The Bertz CT molecular complexity index is 830. The lowest BCUT2D eigenvalue weighted by molar-refractivity contribution is -0.121. The van der Waals surface area contributed by atoms with Crippen LogP contribution >= 0.6 is 0 Å². The molecule has 6 heteroatoms. The first kappa shape index (κ1) is 20.1. The molecule has 0 unspecified atom stereocenters. The van der Waals surface area contributed by atoms with E-state index >= 15 is 0 Å². The first-order chi connectivity index (χ1) is 12.4. The van der Waals surface area contributed by atoms with Crippen LogP contribution in [0.25, 0.3) is 0 Å². The second-order valence-electron chi connectivity index (χ2n) is 6.42. The molecule has 0 spiro atoms. The third-order valence-electron chi connectivity index (χ3n) is 4.33. The minimum atomic E-state index is -3.64. The zero-order chi connectivity index (χ0) is 19.0. The van der Waals surface area contributed by atoms with Crippen LogP contribution < -0.4 is 10.5 Å². The second-order valence-corrected chi connectivity index (χ2v) is 7.98. The minimum absolute atomic E-state index is 0.0724. The Kier molecular flexibility index (Phi) is 7.36. The minimum Gasteiger partial charge on any atom is -0.356 e. The van der Waals surface area contributed by atoms with Crippen molar-refractivity contribution in [3.8, 4) is 0 Å². The summed E-state index contributed by atoms with van der Waals surface area (Å²) in [5.41, 5.74) is 3.58. The molecule has 2 aromatic carbocycles. The second kappa shape index (κ2) is 9.50. The molecular weight excluding hydrogens is 348 g/mol. The van der Waals surface area contributed by atoms with Crippen molar-refractivity contribution in [1.82, 2.24) is 5.32 Å². The molecule has 3 N–H and O–H groups in total. The summed E-state index contributed by atoms with van der Waals surface area (Å²) in [4.78, 5) is 12.0. The SMILES string of the molecule is Cc1ccccc1CCCC(=O)NCCCc1ccc(S(N)(=O)=O)cc1. The molecule has 0 bridgehead atoms. The zero-order valence-electron chi connectivity index (χ0n) is 15.1. The zero-order valence-corrected chi connectivity index (χ0v) is 15.9. The van der Waals surface area contributed by atoms with Crippen LogP contribution in [0.1, 0.15) is 36.0 Å². The van der Waals surface area contributed by atoms with E-state index in [0.717, 1.165) is 31.2 Å². The Hall–Kier alpha value is -2.18. The van der Waals surface area contributed by atoms with E-state index in [1.54, 1.807) is 12.1 Å². The Morgan fingerprint density at radius 3 is 2.35 bits per heavy atom. The molecule has 0 saturated heterocycles. The Balaban J connectivity index is 1.63. The molecule has 2 aromatic rings. The number of sulfonamides is 1. The standard InChI is InChI=1S/C20H26N2O3S/c1-16-6-2-3-8-18(16)9-4-10-20(23)22-15-5-7-17-11-13-19(14-12-17)26(21,24)25/h2-3,6,8,11-14H,4-5,7,9-10,15H2,1H3,(H,22,23)(H2,21,24,25). The van der Waals surface area contributed by atoms with Gasteiger partial charge in [0.2, 0.25) is 15.9 Å². The number of nitrogens with one attached hydrogen (secondary N) is 1. The van der Waals surface area contributed by atoms with E-state index in [2.05, 4.69) is 24.4 Å². The van der Waals surface area contributed by atoms with Crippen molar-refractivity contribution in [2.75, 3.05) is 6.54 Å². The van der Waals surface area contributed by atoms with Crippen molar-refractivity contribution in [1.29, 1.82) is 0 Å². The van der Waals surface area contributed by atoms with Gasteiger partial charge in [0.1, 0.15) is 0 Å². The van der Waals surface area contributed by atoms with Crippen LogP contribution in [0.2, 0.25) is 0 Å². The van der Waals surface area contributed by atoms with Gasteiger partial charge in [-0.15, -0.1) is 0 Å². The molecular formula is C20H26N2O3S. The average Bonchev–Trinajstić information content (AvgIpc) is 2.60. The number of carbonyl (C=O) groups excluding carboxylic acids is 1. The monoisotopic (exact) mass is 374 g/mol. The van der Waals surface area contributed by atoms with E-state index < -0.39 is 10.0 Å². The number of nitrogens with two attached hydrogens (primary N) is 1. The maximum Gasteiger partial charge on any atom is 0.238 e. The van der Waals surface area contributed by atoms with Crippen molar-refractivity contribution < 1.29 is 13.2 Å². The number of hydrogen-bond acceptors (Lipinski definition) is 3. The highest BCUT2D eigenvalue weighted by atomic mass is 32.2. The molecule has 2 rings (SSSR count). The summed E-state index contributed by atoms with van der Waals surface area (Å²) in [6, 6.07) is 14.8. The maximum atomic E-state index is 11.9. The van der Waals surface area contributed by atoms with Gasteiger partial charge in [-0.25, -0.2) is 13.6 Å². The average molecular weight is 375 g/mol. The molecule has 0 aliphatic rings. The van der Waals surface area contributed by atoms with Gasteiger partial charge in [-0.2, -0.15) is 0 Å². The van der Waals surface area contributed by atoms with Gasteiger partial charge < -0.3 is 5.32 Å². The topological polar surface area (TPSA) is 89.3 Å². The van der Waals surface area contributed by atoms with Crippen LogP contribution in [0.4, 0.5) is 0 Å². The van der Waals surface area contributed by atoms with Crippen molar-refractivity contribution in [3.05, 3.63) is 65.2 Å². The van der Waals surface area contributed by atoms with Gasteiger partial charge in [0.25, 0.3) is 0 Å². The van der Waals surface area contributed by atoms with Crippen LogP contribution in [0, 0.1) is 6.92 Å². The third-order valence-corrected chi connectivity index (χ3v) is 5.26. The smallest absolute Gasteiger partial charge is 0.238 e. The van der Waals surface area contributed by atoms with Gasteiger partial charge in [-0.05, 0) is 61.4 Å². The fourth-order valence-corrected chi connectivity index (χ4v) is 3.30. The first-order valence-electron chi connectivity index (χ1n) is 8.79. The lowest BCUT2D eigenvalue weighted by atomic mass is 10.0. The molecule has 5 nitrogen and oxygen atoms in total. The molecule has 140 valence electrons. The van der Waals surface area contributed by atoms with Gasteiger partial charge in [0.15, 0.2) is 0 Å². The fraction of sp³-hybridized carbons (Fsp3) is 0.350. The molecule has 0 heterocycles. The summed E-state index contributed by atoms with van der Waals surface area (Å²) in [7, 11) is -3.64. The fourth-order valence-electron chi connectivity index (χ4n) is 2.78. The van der Waals surface area contributed by atoms with Gasteiger partial charge in [-0.3, -0.25) is 4.79 Å². The molecule has 0 radical (unpaired) electrons. The number of amides is 1. The quantitative estimate of drug-likeness (QED) is 0.661. The van der Waals surface area contributed by atoms with Gasteiger partial charge in [-0.1, -0.05) is 36.4 Å². The van der Waals surface area contributed by atoms with E-state index in [4.69, 9.17) is 5.14 Å². The van der Waals surface area contributed by atoms with E-state index in [1.807, 2.05) is 12.1 Å². The number of hydrogen-bond donors (Lipinski definition) is 2. The summed E-state index contributed by atoms with van der Waals surface area (Å²) < 4.78 is 22.4. The van der Waals surface area contributed by atoms with Crippen molar-refractivity contribution in [2.45, 2.75) is 43.9 Å². The van der Waals surface area contributed by atoms with Crippen LogP contribution in [0.5, 0.6) is 0 Å². The largest absolute Gasteiger partial charge is 0.356 e. The van der Waals surface area contributed by atoms with E-state index in [0.29, 0.717) is 13.0 Å². The lowest BCUT2D eigenvalue weighted by Crippen LogP contribution is -2.24. The normalized spacial score (nSPS) is 11.3. The highest BCUT2D eigenvalue weighted by Crippen LogP contribution is 2.11. The van der Waals surface area contributed by atoms with Crippen LogP contribution in [-0.2, 0) is 27.7 Å². The molecule has 0 aromatic heterocycles. The molecule has 0 atom stereocenters. The molecule has 0 aliphatic heterocycles. The van der Waals surface area contributed by atoms with Crippen molar-refractivity contribution in [2.24, 2.45) is 5.14 Å². The number of rotatable bonds is 9. The van der Waals surface area contributed by atoms with E-state index in [-0.39, 0.29) is 10.8 Å². The summed E-state index contributed by atoms with van der Waals surface area (Å²) in [5.74, 6) is 0.0724. The van der Waals surface area contributed by atoms with Crippen LogP contribution in [0.3, 0.4) is 0 Å². The Morgan fingerprint density at radius 2 is 1.69 bits per heavy atom. The lowest BCUT2D eigenvalue weighted by Gasteiger charge is -2.07. The number of primary sulfonamides is 1. The van der Waals surface area contributed by atoms with Gasteiger partial charge >= 0.3 is 0 Å². The van der Waals surface area contributed by atoms with E-state index in [9.17, 15) is 13.2 Å². The molecule has 0 saturated carbocycles. The van der Waals surface area contributed by atoms with E-state index in [1.165, 1.54) is 23.3 Å². The summed E-state index contributed by atoms with van der Waals surface area (Å²) in [6.07, 6.45) is 3.85. The first-order valence-corrected chi connectivity index (χ1v) is 10.3. The summed E-state index contributed by atoms with van der Waals surface area (Å²) in [6.45, 7) is 2.70. The van der Waals surface area contributed by atoms with Gasteiger partial charge in [0.05, 0.1) is 4.90 Å². The number of benzene rings is 2. The summed E-state index contributed by atoms with van der Waals surface area (Å²) >= 11 is 0. The predicted molar refractivity (Wildman–Crippen MR) is 103 cm³/mol. The maximum absolute atomic E-state index is 11.9. The highest BCUT2D eigenvalue weighted by molar-refractivity contribution is 7.89. The van der Waals surface area contributed by atoms with Crippen LogP contribution in [0.15, 0.2) is 53.4 Å². The highest BCUT2D eigenvalue weighted by Gasteiger charge is 2.07. The summed E-state index contributed by atoms with van der Waals surface area (Å²) in [5, 5.41) is 8.01. The number of carbonyl (C=O) groups is 1. The Morgan fingerprint density at radius 1 is 1.00 bits per heavy atom. The van der Waals surface area contributed by atoms with Crippen molar-refractivity contribution >= 4 is 15.9 Å². The molecule has 0 fully saturated rings. The van der Waals surface area contributed by atoms with Crippen LogP contribution in [-0.4, -0.2) is 20.9 Å². The Labute approximate surface area is 155 Å². The molecule has 26 heavy (non-hydrogen) atoms. The molecule has 0 aliphatic carbocycles.